The number of fused-ring (bicyclic) bond motifs is 1. The van der Waals surface area contributed by atoms with Gasteiger partial charge in [0.1, 0.15) is 11.6 Å². The molecule has 0 radical (unpaired) electrons. The van der Waals surface area contributed by atoms with E-state index >= 15 is 0 Å². The van der Waals surface area contributed by atoms with Crippen LogP contribution in [0.3, 0.4) is 0 Å². The van der Waals surface area contributed by atoms with Crippen LogP contribution in [-0.4, -0.2) is 19.2 Å². The maximum atomic E-state index is 14.8. The second-order valence-corrected chi connectivity index (χ2v) is 10.3. The molecule has 0 aliphatic carbocycles. The van der Waals surface area contributed by atoms with Crippen molar-refractivity contribution in [3.63, 3.8) is 0 Å². The first kappa shape index (κ1) is 28.3. The fourth-order valence-electron chi connectivity index (χ4n) is 5.02. The third-order valence-electron chi connectivity index (χ3n) is 7.06. The van der Waals surface area contributed by atoms with Crippen LogP contribution in [0, 0.1) is 5.82 Å². The molecular formula is C34H38FNO3. The molecule has 0 bridgehead atoms. The van der Waals surface area contributed by atoms with Crippen molar-refractivity contribution in [2.45, 2.75) is 65.1 Å². The summed E-state index contributed by atoms with van der Waals surface area (Å²) < 4.78 is 25.4. The number of nitrogens with one attached hydrogen (secondary N) is 1. The van der Waals surface area contributed by atoms with Gasteiger partial charge in [-0.2, -0.15) is 0 Å². The van der Waals surface area contributed by atoms with E-state index in [4.69, 9.17) is 9.47 Å². The number of aryl methyl sites for hydroxylation is 1. The summed E-state index contributed by atoms with van der Waals surface area (Å²) >= 11 is 0. The standard InChI is InChI=1S/C34H38FNO3/c1-6-33(36-23(4)24-11-9-12-29(20-24)38-5)28-19-25-10-7-8-13-30(25)31(21-28)26-14-16-32(35)27(18-26)15-17-34(37)39-22(2)3/h7-14,16,18-23,33,36H,6,15,17H2,1-5H3/t23-,33?/m1/s1. The van der Waals surface area contributed by atoms with Gasteiger partial charge >= 0.3 is 5.97 Å². The Balaban J connectivity index is 1.68. The number of hydrogen-bond donors (Lipinski definition) is 1. The van der Waals surface area contributed by atoms with Gasteiger partial charge in [-0.25, -0.2) is 4.39 Å². The monoisotopic (exact) mass is 527 g/mol. The van der Waals surface area contributed by atoms with Crippen molar-refractivity contribution in [1.82, 2.24) is 5.32 Å². The highest BCUT2D eigenvalue weighted by atomic mass is 19.1. The number of rotatable bonds is 11. The minimum atomic E-state index is -0.315. The van der Waals surface area contributed by atoms with Gasteiger partial charge < -0.3 is 14.8 Å². The van der Waals surface area contributed by atoms with Crippen LogP contribution in [0.1, 0.15) is 69.3 Å². The molecular weight excluding hydrogens is 489 g/mol. The van der Waals surface area contributed by atoms with Gasteiger partial charge in [-0.1, -0.05) is 49.4 Å². The van der Waals surface area contributed by atoms with Crippen LogP contribution in [0.2, 0.25) is 0 Å². The fourth-order valence-corrected chi connectivity index (χ4v) is 5.02. The van der Waals surface area contributed by atoms with Crippen LogP contribution in [-0.2, 0) is 16.0 Å². The molecule has 0 aliphatic heterocycles. The van der Waals surface area contributed by atoms with Gasteiger partial charge in [-0.15, -0.1) is 0 Å². The number of methoxy groups -OCH3 is 1. The van der Waals surface area contributed by atoms with E-state index in [0.717, 1.165) is 39.6 Å². The van der Waals surface area contributed by atoms with Gasteiger partial charge in [0.25, 0.3) is 0 Å². The van der Waals surface area contributed by atoms with Crippen molar-refractivity contribution < 1.29 is 18.7 Å². The summed E-state index contributed by atoms with van der Waals surface area (Å²) in [6, 6.07) is 26.3. The number of halogens is 1. The van der Waals surface area contributed by atoms with Crippen LogP contribution >= 0.6 is 0 Å². The van der Waals surface area contributed by atoms with Crippen molar-refractivity contribution in [3.05, 3.63) is 101 Å². The van der Waals surface area contributed by atoms with E-state index in [1.165, 1.54) is 11.6 Å². The van der Waals surface area contributed by atoms with Crippen LogP contribution in [0.4, 0.5) is 4.39 Å². The molecule has 4 aromatic rings. The average molecular weight is 528 g/mol. The summed E-state index contributed by atoms with van der Waals surface area (Å²) in [7, 11) is 1.68. The summed E-state index contributed by atoms with van der Waals surface area (Å²) in [6.07, 6.45) is 1.15. The van der Waals surface area contributed by atoms with E-state index in [0.29, 0.717) is 12.0 Å². The van der Waals surface area contributed by atoms with Crippen LogP contribution in [0.5, 0.6) is 5.75 Å². The summed E-state index contributed by atoms with van der Waals surface area (Å²) in [4.78, 5) is 12.1. The van der Waals surface area contributed by atoms with Gasteiger partial charge in [0.05, 0.1) is 13.2 Å². The second-order valence-electron chi connectivity index (χ2n) is 10.3. The van der Waals surface area contributed by atoms with Crippen molar-refractivity contribution in [2.24, 2.45) is 0 Å². The van der Waals surface area contributed by atoms with Crippen LogP contribution in [0.15, 0.2) is 78.9 Å². The summed E-state index contributed by atoms with van der Waals surface area (Å²) in [5.41, 5.74) is 4.82. The number of carbonyl (C=O) groups excluding carboxylic acids is 1. The number of benzene rings is 4. The van der Waals surface area contributed by atoms with Gasteiger partial charge in [0.2, 0.25) is 0 Å². The molecule has 204 valence electrons. The smallest absolute Gasteiger partial charge is 0.306 e. The Morgan fingerprint density at radius 2 is 1.72 bits per heavy atom. The summed E-state index contributed by atoms with van der Waals surface area (Å²) in [6.45, 7) is 7.97. The Hall–Kier alpha value is -3.70. The van der Waals surface area contributed by atoms with E-state index in [-0.39, 0.29) is 36.4 Å². The molecule has 39 heavy (non-hydrogen) atoms. The Morgan fingerprint density at radius 3 is 2.46 bits per heavy atom. The molecule has 0 saturated heterocycles. The number of carbonyl (C=O) groups is 1. The van der Waals surface area contributed by atoms with E-state index in [1.807, 2.05) is 50.2 Å². The van der Waals surface area contributed by atoms with Crippen molar-refractivity contribution in [2.75, 3.05) is 7.11 Å². The molecule has 4 rings (SSSR count). The Bertz CT molecular complexity index is 1430. The lowest BCUT2D eigenvalue weighted by molar-refractivity contribution is -0.147. The molecule has 0 saturated carbocycles. The third-order valence-corrected chi connectivity index (χ3v) is 7.06. The molecule has 2 atom stereocenters. The molecule has 4 aromatic carbocycles. The second kappa shape index (κ2) is 12.9. The molecule has 4 nitrogen and oxygen atoms in total. The Morgan fingerprint density at radius 1 is 0.923 bits per heavy atom. The van der Waals surface area contributed by atoms with Gasteiger partial charge in [-0.05, 0) is 109 Å². The van der Waals surface area contributed by atoms with Gasteiger partial charge in [-0.3, -0.25) is 4.79 Å². The van der Waals surface area contributed by atoms with Crippen molar-refractivity contribution in [3.8, 4) is 16.9 Å². The molecule has 1 unspecified atom stereocenters. The highest BCUT2D eigenvalue weighted by molar-refractivity contribution is 5.97. The van der Waals surface area contributed by atoms with Crippen molar-refractivity contribution in [1.29, 1.82) is 0 Å². The highest BCUT2D eigenvalue weighted by Gasteiger charge is 2.18. The SMILES string of the molecule is CCC(N[C@H](C)c1cccc(OC)c1)c1cc(-c2ccc(F)c(CCC(=O)OC(C)C)c2)c2ccccc2c1. The Labute approximate surface area is 231 Å². The lowest BCUT2D eigenvalue weighted by Crippen LogP contribution is -2.24. The van der Waals surface area contributed by atoms with E-state index in [1.54, 1.807) is 7.11 Å². The fraction of sp³-hybridized carbons (Fsp3) is 0.324. The molecule has 0 amide bonds. The van der Waals surface area contributed by atoms with Crippen molar-refractivity contribution >= 4 is 16.7 Å². The van der Waals surface area contributed by atoms with Crippen LogP contribution in [0.25, 0.3) is 21.9 Å². The zero-order valence-corrected chi connectivity index (χ0v) is 23.5. The number of ether oxygens (including phenoxy) is 2. The summed E-state index contributed by atoms with van der Waals surface area (Å²) in [5.74, 6) is 0.216. The van der Waals surface area contributed by atoms with Crippen LogP contribution < -0.4 is 10.1 Å². The zero-order valence-electron chi connectivity index (χ0n) is 23.5. The van der Waals surface area contributed by atoms with E-state index in [2.05, 4.69) is 55.6 Å². The maximum Gasteiger partial charge on any atom is 0.306 e. The quantitative estimate of drug-likeness (QED) is 0.199. The minimum absolute atomic E-state index is 0.111. The summed E-state index contributed by atoms with van der Waals surface area (Å²) in [5, 5.41) is 6.03. The first-order chi connectivity index (χ1) is 18.8. The van der Waals surface area contributed by atoms with Gasteiger partial charge in [0.15, 0.2) is 0 Å². The molecule has 0 aromatic heterocycles. The molecule has 1 N–H and O–H groups in total. The van der Waals surface area contributed by atoms with Gasteiger partial charge in [0, 0.05) is 18.5 Å². The number of hydrogen-bond acceptors (Lipinski definition) is 4. The predicted octanol–water partition coefficient (Wildman–Crippen LogP) is 8.34. The number of esters is 1. The first-order valence-electron chi connectivity index (χ1n) is 13.7. The lowest BCUT2D eigenvalue weighted by Gasteiger charge is -2.25. The van der Waals surface area contributed by atoms with E-state index in [9.17, 15) is 9.18 Å². The van der Waals surface area contributed by atoms with E-state index < -0.39 is 0 Å². The average Bonchev–Trinajstić information content (AvgIpc) is 2.94. The normalized spacial score (nSPS) is 12.9. The molecule has 5 heteroatoms. The lowest BCUT2D eigenvalue weighted by atomic mass is 9.91. The topological polar surface area (TPSA) is 47.6 Å². The molecule has 0 fully saturated rings. The maximum absolute atomic E-state index is 14.8. The Kier molecular flexibility index (Phi) is 9.36. The molecule has 0 spiro atoms. The molecule has 0 heterocycles. The first-order valence-corrected chi connectivity index (χ1v) is 13.7. The highest BCUT2D eigenvalue weighted by Crippen LogP contribution is 2.35. The zero-order chi connectivity index (χ0) is 27.9. The molecule has 0 aliphatic rings. The predicted molar refractivity (Wildman–Crippen MR) is 156 cm³/mol. The largest absolute Gasteiger partial charge is 0.497 e. The third kappa shape index (κ3) is 7.04. The minimum Gasteiger partial charge on any atom is -0.497 e.